The first-order valence-corrected chi connectivity index (χ1v) is 9.00. The molecule has 5 rings (SSSR count). The summed E-state index contributed by atoms with van der Waals surface area (Å²) in [6.07, 6.45) is 10.6. The van der Waals surface area contributed by atoms with E-state index in [9.17, 15) is 0 Å². The van der Waals surface area contributed by atoms with Crippen molar-refractivity contribution in [3.05, 3.63) is 28.7 Å². The smallest absolute Gasteiger partial charge is 0.0340 e. The van der Waals surface area contributed by atoms with Crippen LogP contribution in [0.2, 0.25) is 0 Å². The number of hydrogen-bond donors (Lipinski definition) is 1. The van der Waals surface area contributed by atoms with Crippen molar-refractivity contribution in [2.75, 3.05) is 11.9 Å². The Labute approximate surface area is 130 Å². The Morgan fingerprint density at radius 3 is 2.05 bits per heavy atom. The van der Waals surface area contributed by atoms with Crippen molar-refractivity contribution in [3.63, 3.8) is 0 Å². The topological polar surface area (TPSA) is 12.0 Å². The molecule has 0 amide bonds. The molecule has 20 heavy (non-hydrogen) atoms. The van der Waals surface area contributed by atoms with E-state index in [1.54, 1.807) is 19.3 Å². The van der Waals surface area contributed by atoms with E-state index < -0.39 is 0 Å². The molecule has 0 atom stereocenters. The van der Waals surface area contributed by atoms with E-state index in [1.807, 2.05) is 0 Å². The lowest BCUT2D eigenvalue weighted by atomic mass is 9.49. The fourth-order valence-corrected chi connectivity index (χ4v) is 5.90. The van der Waals surface area contributed by atoms with E-state index in [1.165, 1.54) is 31.4 Å². The largest absolute Gasteiger partial charge is 0.385 e. The summed E-state index contributed by atoms with van der Waals surface area (Å²) in [5.74, 6) is 3.23. The van der Waals surface area contributed by atoms with E-state index >= 15 is 0 Å². The summed E-state index contributed by atoms with van der Waals surface area (Å²) in [5.41, 5.74) is 1.97. The van der Waals surface area contributed by atoms with Crippen molar-refractivity contribution in [1.29, 1.82) is 0 Å². The molecule has 4 fully saturated rings. The molecule has 2 heteroatoms. The third-order valence-corrected chi connectivity index (χ3v) is 6.52. The molecule has 1 N–H and O–H groups in total. The van der Waals surface area contributed by atoms with Gasteiger partial charge in [0.15, 0.2) is 0 Å². The van der Waals surface area contributed by atoms with Crippen molar-refractivity contribution < 1.29 is 0 Å². The zero-order valence-corrected chi connectivity index (χ0v) is 13.7. The molecular weight excluding hydrogens is 310 g/mol. The highest BCUT2D eigenvalue weighted by molar-refractivity contribution is 9.10. The van der Waals surface area contributed by atoms with Gasteiger partial charge in [0.2, 0.25) is 0 Å². The Hall–Kier alpha value is -0.500. The first-order chi connectivity index (χ1) is 9.71. The van der Waals surface area contributed by atoms with Gasteiger partial charge in [-0.05, 0) is 92.4 Å². The van der Waals surface area contributed by atoms with Gasteiger partial charge < -0.3 is 5.32 Å². The maximum absolute atomic E-state index is 3.63. The minimum atomic E-state index is 0.705. The third-order valence-electron chi connectivity index (χ3n) is 5.99. The van der Waals surface area contributed by atoms with Gasteiger partial charge in [0.05, 0.1) is 0 Å². The lowest BCUT2D eigenvalue weighted by molar-refractivity contribution is -0.0552. The number of nitrogens with one attached hydrogen (secondary N) is 1. The minimum Gasteiger partial charge on any atom is -0.385 e. The Kier molecular flexibility index (Phi) is 3.33. The van der Waals surface area contributed by atoms with E-state index in [-0.39, 0.29) is 0 Å². The number of anilines is 1. The van der Waals surface area contributed by atoms with Crippen LogP contribution in [0.5, 0.6) is 0 Å². The fourth-order valence-electron chi connectivity index (χ4n) is 5.64. The SMILES string of the molecule is Brc1ccc(NCCC23CC4CC(CC(C4)C2)C3)cc1. The molecule has 0 unspecified atom stereocenters. The van der Waals surface area contributed by atoms with Crippen LogP contribution < -0.4 is 5.32 Å². The van der Waals surface area contributed by atoms with Crippen LogP contribution in [-0.2, 0) is 0 Å². The Bertz CT molecular complexity index is 443. The van der Waals surface area contributed by atoms with Gasteiger partial charge in [0, 0.05) is 16.7 Å². The van der Waals surface area contributed by atoms with Crippen molar-refractivity contribution in [1.82, 2.24) is 0 Å². The van der Waals surface area contributed by atoms with Gasteiger partial charge in [-0.25, -0.2) is 0 Å². The van der Waals surface area contributed by atoms with Crippen LogP contribution in [0, 0.1) is 23.2 Å². The van der Waals surface area contributed by atoms with Crippen LogP contribution in [0.25, 0.3) is 0 Å². The van der Waals surface area contributed by atoms with Crippen LogP contribution in [-0.4, -0.2) is 6.54 Å². The van der Waals surface area contributed by atoms with Gasteiger partial charge in [-0.3, -0.25) is 0 Å². The van der Waals surface area contributed by atoms with Gasteiger partial charge in [-0.1, -0.05) is 15.9 Å². The quantitative estimate of drug-likeness (QED) is 0.770. The predicted octanol–water partition coefficient (Wildman–Crippen LogP) is 5.47. The molecule has 0 aliphatic heterocycles. The number of benzene rings is 1. The van der Waals surface area contributed by atoms with E-state index in [0.717, 1.165) is 28.8 Å². The van der Waals surface area contributed by atoms with Crippen LogP contribution in [0.3, 0.4) is 0 Å². The third kappa shape index (κ3) is 2.52. The molecular formula is C18H24BrN. The fraction of sp³-hybridized carbons (Fsp3) is 0.667. The molecule has 1 aromatic carbocycles. The molecule has 0 heterocycles. The lowest BCUT2D eigenvalue weighted by Crippen LogP contribution is -2.46. The van der Waals surface area contributed by atoms with E-state index in [2.05, 4.69) is 45.5 Å². The van der Waals surface area contributed by atoms with Gasteiger partial charge >= 0.3 is 0 Å². The van der Waals surface area contributed by atoms with E-state index in [4.69, 9.17) is 0 Å². The molecule has 4 saturated carbocycles. The average molecular weight is 334 g/mol. The van der Waals surface area contributed by atoms with Crippen LogP contribution in [0.1, 0.15) is 44.9 Å². The lowest BCUT2D eigenvalue weighted by Gasteiger charge is -2.57. The summed E-state index contributed by atoms with van der Waals surface area (Å²) in [5, 5.41) is 3.63. The monoisotopic (exact) mass is 333 g/mol. The Morgan fingerprint density at radius 2 is 1.50 bits per heavy atom. The summed E-state index contributed by atoms with van der Waals surface area (Å²) in [7, 11) is 0. The number of hydrogen-bond acceptors (Lipinski definition) is 1. The second kappa shape index (κ2) is 5.05. The summed E-state index contributed by atoms with van der Waals surface area (Å²) in [4.78, 5) is 0. The molecule has 108 valence electrons. The maximum atomic E-state index is 3.63. The molecule has 4 aliphatic carbocycles. The van der Waals surface area contributed by atoms with Gasteiger partial charge in [-0.15, -0.1) is 0 Å². The standard InChI is InChI=1S/C18H24BrN/c19-16-1-3-17(4-2-16)20-6-5-18-10-13-7-14(11-18)9-15(8-13)12-18/h1-4,13-15,20H,5-12H2. The molecule has 4 aliphatic rings. The highest BCUT2D eigenvalue weighted by atomic mass is 79.9. The molecule has 0 spiro atoms. The summed E-state index contributed by atoms with van der Waals surface area (Å²) < 4.78 is 1.16. The van der Waals surface area contributed by atoms with Crippen LogP contribution >= 0.6 is 15.9 Å². The first-order valence-electron chi connectivity index (χ1n) is 8.20. The molecule has 0 saturated heterocycles. The first kappa shape index (κ1) is 13.2. The summed E-state index contributed by atoms with van der Waals surface area (Å²) in [6.45, 7) is 1.15. The highest BCUT2D eigenvalue weighted by Gasteiger charge is 2.50. The Balaban J connectivity index is 1.36. The molecule has 0 radical (unpaired) electrons. The highest BCUT2D eigenvalue weighted by Crippen LogP contribution is 2.61. The van der Waals surface area contributed by atoms with E-state index in [0.29, 0.717) is 5.41 Å². The summed E-state index contributed by atoms with van der Waals surface area (Å²) in [6, 6.07) is 8.58. The zero-order chi connectivity index (χ0) is 13.6. The van der Waals surface area contributed by atoms with Gasteiger partial charge in [-0.2, -0.15) is 0 Å². The second-order valence-corrected chi connectivity index (χ2v) is 8.52. The zero-order valence-electron chi connectivity index (χ0n) is 12.1. The van der Waals surface area contributed by atoms with Crippen molar-refractivity contribution >= 4 is 21.6 Å². The second-order valence-electron chi connectivity index (χ2n) is 7.60. The molecule has 1 nitrogen and oxygen atoms in total. The summed E-state index contributed by atoms with van der Waals surface area (Å²) >= 11 is 3.49. The molecule has 1 aromatic rings. The molecule has 0 aromatic heterocycles. The average Bonchev–Trinajstić information content (AvgIpc) is 2.39. The maximum Gasteiger partial charge on any atom is 0.0340 e. The predicted molar refractivity (Wildman–Crippen MR) is 87.9 cm³/mol. The van der Waals surface area contributed by atoms with Gasteiger partial charge in [0.25, 0.3) is 0 Å². The minimum absolute atomic E-state index is 0.705. The van der Waals surface area contributed by atoms with Gasteiger partial charge in [0.1, 0.15) is 0 Å². The van der Waals surface area contributed by atoms with Crippen molar-refractivity contribution in [2.24, 2.45) is 23.2 Å². The number of halogens is 1. The van der Waals surface area contributed by atoms with Crippen LogP contribution in [0.4, 0.5) is 5.69 Å². The number of rotatable bonds is 4. The Morgan fingerprint density at radius 1 is 0.950 bits per heavy atom. The van der Waals surface area contributed by atoms with Crippen molar-refractivity contribution in [3.8, 4) is 0 Å². The molecule has 4 bridgehead atoms. The van der Waals surface area contributed by atoms with Crippen molar-refractivity contribution in [2.45, 2.75) is 44.9 Å². The normalized spacial score (nSPS) is 38.1. The van der Waals surface area contributed by atoms with Crippen LogP contribution in [0.15, 0.2) is 28.7 Å².